The van der Waals surface area contributed by atoms with Gasteiger partial charge in [-0.25, -0.2) is 0 Å². The smallest absolute Gasteiger partial charge is 0.227 e. The number of nitrogens with zero attached hydrogens (tertiary/aromatic N) is 4. The highest BCUT2D eigenvalue weighted by molar-refractivity contribution is 5.93. The van der Waals surface area contributed by atoms with Gasteiger partial charge in [0.25, 0.3) is 0 Å². The minimum Gasteiger partial charge on any atom is -0.326 e. The van der Waals surface area contributed by atoms with Gasteiger partial charge in [0, 0.05) is 29.4 Å². The van der Waals surface area contributed by atoms with Gasteiger partial charge in [0.2, 0.25) is 5.91 Å². The Hall–Kier alpha value is -2.96. The number of carbonyl (C=O) groups excluding carboxylic acids is 1. The Morgan fingerprint density at radius 3 is 2.52 bits per heavy atom. The second kappa shape index (κ2) is 5.68. The lowest BCUT2D eigenvalue weighted by atomic mass is 9.79. The first-order valence-electron chi connectivity index (χ1n) is 7.54. The van der Waals surface area contributed by atoms with Gasteiger partial charge in [-0.05, 0) is 30.5 Å². The minimum atomic E-state index is 0.0518. The SMILES string of the molecule is O=C(Nc1ccc(-c2cn[nH]c2)cc1)C1CC(n2cnnc2)C1. The molecule has 0 saturated heterocycles. The molecule has 7 heteroatoms. The third-order valence-corrected chi connectivity index (χ3v) is 4.33. The molecule has 0 spiro atoms. The summed E-state index contributed by atoms with van der Waals surface area (Å²) < 4.78 is 1.96. The van der Waals surface area contributed by atoms with Gasteiger partial charge in [0.05, 0.1) is 6.20 Å². The Labute approximate surface area is 132 Å². The van der Waals surface area contributed by atoms with Crippen molar-refractivity contribution >= 4 is 11.6 Å². The Kier molecular flexibility index (Phi) is 3.38. The number of hydrogen-bond acceptors (Lipinski definition) is 4. The average molecular weight is 308 g/mol. The standard InChI is InChI=1S/C16H16N6O/c23-16(12-5-15(6-12)22-9-19-20-10-22)21-14-3-1-11(2-4-14)13-7-17-18-8-13/h1-4,7-10,12,15H,5-6H2,(H,17,18)(H,21,23). The lowest BCUT2D eigenvalue weighted by Gasteiger charge is -2.34. The first-order chi connectivity index (χ1) is 11.3. The summed E-state index contributed by atoms with van der Waals surface area (Å²) in [6.07, 6.45) is 8.68. The van der Waals surface area contributed by atoms with E-state index in [0.717, 1.165) is 29.7 Å². The molecule has 1 fully saturated rings. The fourth-order valence-electron chi connectivity index (χ4n) is 2.84. The van der Waals surface area contributed by atoms with Crippen LogP contribution in [0.15, 0.2) is 49.3 Å². The van der Waals surface area contributed by atoms with Crippen molar-refractivity contribution in [1.82, 2.24) is 25.0 Å². The van der Waals surface area contributed by atoms with Gasteiger partial charge >= 0.3 is 0 Å². The van der Waals surface area contributed by atoms with E-state index >= 15 is 0 Å². The van der Waals surface area contributed by atoms with Crippen LogP contribution in [0.3, 0.4) is 0 Å². The summed E-state index contributed by atoms with van der Waals surface area (Å²) in [7, 11) is 0. The van der Waals surface area contributed by atoms with Gasteiger partial charge in [-0.2, -0.15) is 5.10 Å². The van der Waals surface area contributed by atoms with Crippen molar-refractivity contribution in [3.8, 4) is 11.1 Å². The Balaban J connectivity index is 1.34. The molecule has 1 aromatic carbocycles. The molecule has 0 radical (unpaired) electrons. The van der Waals surface area contributed by atoms with E-state index in [9.17, 15) is 4.79 Å². The van der Waals surface area contributed by atoms with Crippen LogP contribution in [0.1, 0.15) is 18.9 Å². The zero-order valence-electron chi connectivity index (χ0n) is 12.4. The van der Waals surface area contributed by atoms with Crippen molar-refractivity contribution < 1.29 is 4.79 Å². The summed E-state index contributed by atoms with van der Waals surface area (Å²) in [6, 6.07) is 8.11. The van der Waals surface area contributed by atoms with Gasteiger partial charge in [-0.15, -0.1) is 10.2 Å². The maximum atomic E-state index is 12.3. The molecule has 4 rings (SSSR count). The number of aromatic amines is 1. The molecule has 2 aromatic heterocycles. The van der Waals surface area contributed by atoms with Crippen LogP contribution in [0, 0.1) is 5.92 Å². The van der Waals surface area contributed by atoms with E-state index in [1.165, 1.54) is 0 Å². The van der Waals surface area contributed by atoms with Gasteiger partial charge in [-0.3, -0.25) is 9.89 Å². The van der Waals surface area contributed by atoms with E-state index in [0.29, 0.717) is 6.04 Å². The Bertz CT molecular complexity index is 773. The van der Waals surface area contributed by atoms with Crippen LogP contribution in [0.2, 0.25) is 0 Å². The Morgan fingerprint density at radius 2 is 1.87 bits per heavy atom. The minimum absolute atomic E-state index is 0.0518. The van der Waals surface area contributed by atoms with E-state index < -0.39 is 0 Å². The average Bonchev–Trinajstić information content (AvgIpc) is 3.20. The van der Waals surface area contributed by atoms with E-state index in [2.05, 4.69) is 25.7 Å². The van der Waals surface area contributed by atoms with Crippen LogP contribution in [0.25, 0.3) is 11.1 Å². The maximum Gasteiger partial charge on any atom is 0.227 e. The largest absolute Gasteiger partial charge is 0.326 e. The number of hydrogen-bond donors (Lipinski definition) is 2. The van der Waals surface area contributed by atoms with Crippen molar-refractivity contribution in [3.05, 3.63) is 49.3 Å². The normalized spacial score (nSPS) is 20.0. The van der Waals surface area contributed by atoms with Crippen LogP contribution in [-0.4, -0.2) is 30.9 Å². The molecule has 116 valence electrons. The monoisotopic (exact) mass is 308 g/mol. The number of nitrogens with one attached hydrogen (secondary N) is 2. The molecule has 3 aromatic rings. The number of rotatable bonds is 4. The summed E-state index contributed by atoms with van der Waals surface area (Å²) in [5.41, 5.74) is 2.90. The van der Waals surface area contributed by atoms with E-state index in [4.69, 9.17) is 0 Å². The predicted molar refractivity (Wildman–Crippen MR) is 84.4 cm³/mol. The van der Waals surface area contributed by atoms with Gasteiger partial charge < -0.3 is 9.88 Å². The molecule has 0 aliphatic heterocycles. The van der Waals surface area contributed by atoms with E-state index in [-0.39, 0.29) is 11.8 Å². The zero-order chi connectivity index (χ0) is 15.6. The molecule has 0 unspecified atom stereocenters. The molecule has 0 atom stereocenters. The fraction of sp³-hybridized carbons (Fsp3) is 0.250. The van der Waals surface area contributed by atoms with Crippen LogP contribution >= 0.6 is 0 Å². The van der Waals surface area contributed by atoms with Crippen LogP contribution < -0.4 is 5.32 Å². The molecule has 1 saturated carbocycles. The zero-order valence-corrected chi connectivity index (χ0v) is 12.4. The number of amides is 1. The molecule has 7 nitrogen and oxygen atoms in total. The molecule has 2 heterocycles. The highest BCUT2D eigenvalue weighted by atomic mass is 16.1. The van der Waals surface area contributed by atoms with Crippen molar-refractivity contribution in [3.63, 3.8) is 0 Å². The first kappa shape index (κ1) is 13.7. The van der Waals surface area contributed by atoms with Gasteiger partial charge in [0.1, 0.15) is 12.7 Å². The molecule has 1 amide bonds. The third-order valence-electron chi connectivity index (χ3n) is 4.33. The van der Waals surface area contributed by atoms with Gasteiger partial charge in [-0.1, -0.05) is 12.1 Å². The third kappa shape index (κ3) is 2.73. The summed E-state index contributed by atoms with van der Waals surface area (Å²) >= 11 is 0. The molecule has 23 heavy (non-hydrogen) atoms. The molecule has 1 aliphatic carbocycles. The second-order valence-corrected chi connectivity index (χ2v) is 5.78. The number of carbonyl (C=O) groups is 1. The second-order valence-electron chi connectivity index (χ2n) is 5.78. The molecule has 1 aliphatic rings. The van der Waals surface area contributed by atoms with E-state index in [1.807, 2.05) is 35.0 Å². The van der Waals surface area contributed by atoms with Crippen molar-refractivity contribution in [1.29, 1.82) is 0 Å². The number of aromatic nitrogens is 5. The molecule has 0 bridgehead atoms. The van der Waals surface area contributed by atoms with Crippen molar-refractivity contribution in [2.45, 2.75) is 18.9 Å². The quantitative estimate of drug-likeness (QED) is 0.773. The lowest BCUT2D eigenvalue weighted by Crippen LogP contribution is -2.35. The number of H-pyrrole nitrogens is 1. The topological polar surface area (TPSA) is 88.5 Å². The Morgan fingerprint density at radius 1 is 1.13 bits per heavy atom. The molecular formula is C16H16N6O. The van der Waals surface area contributed by atoms with Crippen molar-refractivity contribution in [2.75, 3.05) is 5.32 Å². The van der Waals surface area contributed by atoms with E-state index in [1.54, 1.807) is 18.9 Å². The van der Waals surface area contributed by atoms with Gasteiger partial charge in [0.15, 0.2) is 0 Å². The predicted octanol–water partition coefficient (Wildman–Crippen LogP) is 2.26. The van der Waals surface area contributed by atoms with Crippen LogP contribution in [-0.2, 0) is 4.79 Å². The number of anilines is 1. The molecule has 2 N–H and O–H groups in total. The summed E-state index contributed by atoms with van der Waals surface area (Å²) in [5, 5.41) is 17.3. The molecular weight excluding hydrogens is 292 g/mol. The number of benzene rings is 1. The lowest BCUT2D eigenvalue weighted by molar-refractivity contribution is -0.123. The van der Waals surface area contributed by atoms with Crippen molar-refractivity contribution in [2.24, 2.45) is 5.92 Å². The highest BCUT2D eigenvalue weighted by Crippen LogP contribution is 2.38. The van der Waals surface area contributed by atoms with Crippen LogP contribution in [0.5, 0.6) is 0 Å². The maximum absolute atomic E-state index is 12.3. The summed E-state index contributed by atoms with van der Waals surface area (Å²) in [6.45, 7) is 0. The fourth-order valence-corrected chi connectivity index (χ4v) is 2.84. The highest BCUT2D eigenvalue weighted by Gasteiger charge is 2.35. The summed E-state index contributed by atoms with van der Waals surface area (Å²) in [4.78, 5) is 12.3. The first-order valence-corrected chi connectivity index (χ1v) is 7.54. The summed E-state index contributed by atoms with van der Waals surface area (Å²) in [5.74, 6) is 0.126. The van der Waals surface area contributed by atoms with Crippen LogP contribution in [0.4, 0.5) is 5.69 Å².